The predicted molar refractivity (Wildman–Crippen MR) is 115 cm³/mol. The van der Waals surface area contributed by atoms with E-state index in [1.54, 1.807) is 13.0 Å². The lowest BCUT2D eigenvalue weighted by Crippen LogP contribution is -2.14. The number of rotatable bonds is 7. The number of ether oxygens (including phenoxy) is 2. The van der Waals surface area contributed by atoms with Gasteiger partial charge in [-0.1, -0.05) is 39.5 Å². The maximum Gasteiger partial charge on any atom is 0.333 e. The summed E-state index contributed by atoms with van der Waals surface area (Å²) in [6.45, 7) is 11.8. The maximum absolute atomic E-state index is 11.4. The summed E-state index contributed by atoms with van der Waals surface area (Å²) in [5, 5.41) is 19.9. The lowest BCUT2D eigenvalue weighted by Gasteiger charge is -2.23. The van der Waals surface area contributed by atoms with Crippen LogP contribution in [-0.4, -0.2) is 39.3 Å². The third kappa shape index (κ3) is 4.79. The molecule has 7 heteroatoms. The van der Waals surface area contributed by atoms with Crippen LogP contribution >= 0.6 is 0 Å². The standard InChI is InChI=1S/C23H27N3O4/c1-15(2)22(28)30-12-8-11-29-16-13-17(23(3,4)5)21(27)20(14-16)26-24-18-9-6-7-10-19(18)25-26/h6-7,9-10,13-14,27H,1,8,11-12H2,2-5H3. The first kappa shape index (κ1) is 21.4. The van der Waals surface area contributed by atoms with E-state index in [9.17, 15) is 9.90 Å². The number of hydrogen-bond acceptors (Lipinski definition) is 6. The minimum Gasteiger partial charge on any atom is -0.505 e. The quantitative estimate of drug-likeness (QED) is 0.355. The fourth-order valence-electron chi connectivity index (χ4n) is 2.91. The number of benzene rings is 2. The summed E-state index contributed by atoms with van der Waals surface area (Å²) >= 11 is 0. The lowest BCUT2D eigenvalue weighted by molar-refractivity contribution is -0.139. The molecule has 158 valence electrons. The predicted octanol–water partition coefficient (Wildman–Crippen LogP) is 4.31. The molecular weight excluding hydrogens is 382 g/mol. The highest BCUT2D eigenvalue weighted by Crippen LogP contribution is 2.38. The highest BCUT2D eigenvalue weighted by molar-refractivity contribution is 5.86. The van der Waals surface area contributed by atoms with Gasteiger partial charge in [-0.05, 0) is 30.5 Å². The molecule has 1 heterocycles. The van der Waals surface area contributed by atoms with Gasteiger partial charge in [0.2, 0.25) is 0 Å². The molecule has 3 rings (SSSR count). The van der Waals surface area contributed by atoms with E-state index in [2.05, 4.69) is 16.8 Å². The van der Waals surface area contributed by atoms with Crippen LogP contribution in [0, 0.1) is 0 Å². The number of fused-ring (bicyclic) bond motifs is 1. The summed E-state index contributed by atoms with van der Waals surface area (Å²) in [6, 6.07) is 11.1. The molecule has 0 aliphatic rings. The van der Waals surface area contributed by atoms with Crippen LogP contribution in [0.15, 0.2) is 48.6 Å². The molecule has 0 aliphatic carbocycles. The van der Waals surface area contributed by atoms with Crippen molar-refractivity contribution in [2.45, 2.75) is 39.5 Å². The number of hydrogen-bond donors (Lipinski definition) is 1. The van der Waals surface area contributed by atoms with E-state index in [1.807, 2.05) is 51.1 Å². The molecule has 1 aromatic heterocycles. The number of phenols is 1. The number of aromatic nitrogens is 3. The number of esters is 1. The Labute approximate surface area is 175 Å². The van der Waals surface area contributed by atoms with Crippen LogP contribution in [0.2, 0.25) is 0 Å². The summed E-state index contributed by atoms with van der Waals surface area (Å²) in [5.41, 5.74) is 2.70. The second-order valence-electron chi connectivity index (χ2n) is 8.18. The first-order valence-corrected chi connectivity index (χ1v) is 9.82. The van der Waals surface area contributed by atoms with Gasteiger partial charge in [0.15, 0.2) is 0 Å². The maximum atomic E-state index is 11.4. The highest BCUT2D eigenvalue weighted by Gasteiger charge is 2.23. The minimum absolute atomic E-state index is 0.116. The van der Waals surface area contributed by atoms with Crippen molar-refractivity contribution in [3.8, 4) is 17.2 Å². The molecule has 30 heavy (non-hydrogen) atoms. The van der Waals surface area contributed by atoms with E-state index in [0.717, 1.165) is 16.6 Å². The van der Waals surface area contributed by atoms with E-state index in [-0.39, 0.29) is 17.8 Å². The summed E-state index contributed by atoms with van der Waals surface area (Å²) < 4.78 is 11.0. The molecule has 7 nitrogen and oxygen atoms in total. The SMILES string of the molecule is C=C(C)C(=O)OCCCOc1cc(-n2nc3ccccc3n2)c(O)c(C(C)(C)C)c1. The molecule has 0 radical (unpaired) electrons. The Morgan fingerprint density at radius 1 is 1.13 bits per heavy atom. The number of carbonyl (C=O) groups is 1. The average molecular weight is 409 g/mol. The lowest BCUT2D eigenvalue weighted by atomic mass is 9.86. The van der Waals surface area contributed by atoms with Gasteiger partial charge in [0.1, 0.15) is 28.2 Å². The fourth-order valence-corrected chi connectivity index (χ4v) is 2.91. The summed E-state index contributed by atoms with van der Waals surface area (Å²) in [4.78, 5) is 12.9. The minimum atomic E-state index is -0.409. The Morgan fingerprint density at radius 2 is 1.77 bits per heavy atom. The van der Waals surface area contributed by atoms with Gasteiger partial charge < -0.3 is 14.6 Å². The molecule has 0 atom stereocenters. The fraction of sp³-hybridized carbons (Fsp3) is 0.348. The van der Waals surface area contributed by atoms with Crippen LogP contribution in [0.5, 0.6) is 11.5 Å². The van der Waals surface area contributed by atoms with Gasteiger partial charge in [0, 0.05) is 23.6 Å². The largest absolute Gasteiger partial charge is 0.505 e. The van der Waals surface area contributed by atoms with Crippen molar-refractivity contribution in [1.82, 2.24) is 15.0 Å². The van der Waals surface area contributed by atoms with Gasteiger partial charge in [-0.3, -0.25) is 0 Å². The van der Waals surface area contributed by atoms with Crippen molar-refractivity contribution in [3.63, 3.8) is 0 Å². The molecule has 0 amide bonds. The average Bonchev–Trinajstić information content (AvgIpc) is 3.11. The molecule has 0 saturated heterocycles. The van der Waals surface area contributed by atoms with Gasteiger partial charge in [-0.15, -0.1) is 15.0 Å². The number of phenolic OH excluding ortho intramolecular Hbond substituents is 1. The van der Waals surface area contributed by atoms with Crippen molar-refractivity contribution in [2.24, 2.45) is 0 Å². The van der Waals surface area contributed by atoms with E-state index in [1.165, 1.54) is 4.80 Å². The molecule has 0 bridgehead atoms. The number of aromatic hydroxyl groups is 1. The third-order valence-electron chi connectivity index (χ3n) is 4.51. The van der Waals surface area contributed by atoms with Gasteiger partial charge >= 0.3 is 5.97 Å². The van der Waals surface area contributed by atoms with Crippen LogP contribution in [0.1, 0.15) is 39.7 Å². The summed E-state index contributed by atoms with van der Waals surface area (Å²) in [5.74, 6) is 0.291. The van der Waals surface area contributed by atoms with Crippen molar-refractivity contribution >= 4 is 17.0 Å². The molecular formula is C23H27N3O4. The zero-order valence-corrected chi connectivity index (χ0v) is 17.8. The third-order valence-corrected chi connectivity index (χ3v) is 4.51. The van der Waals surface area contributed by atoms with Crippen LogP contribution < -0.4 is 4.74 Å². The highest BCUT2D eigenvalue weighted by atomic mass is 16.5. The monoisotopic (exact) mass is 409 g/mol. The van der Waals surface area contributed by atoms with Crippen molar-refractivity contribution < 1.29 is 19.4 Å². The van der Waals surface area contributed by atoms with Crippen molar-refractivity contribution in [3.05, 3.63) is 54.1 Å². The Balaban J connectivity index is 1.84. The van der Waals surface area contributed by atoms with Crippen LogP contribution in [0.4, 0.5) is 0 Å². The number of nitrogens with zero attached hydrogens (tertiary/aromatic N) is 3. The van der Waals surface area contributed by atoms with Crippen LogP contribution in [0.25, 0.3) is 16.7 Å². The van der Waals surface area contributed by atoms with E-state index in [0.29, 0.717) is 30.0 Å². The smallest absolute Gasteiger partial charge is 0.333 e. The Hall–Kier alpha value is -3.35. The van der Waals surface area contributed by atoms with E-state index >= 15 is 0 Å². The summed E-state index contributed by atoms with van der Waals surface area (Å²) in [6.07, 6.45) is 0.532. The van der Waals surface area contributed by atoms with Crippen molar-refractivity contribution in [1.29, 1.82) is 0 Å². The van der Waals surface area contributed by atoms with Crippen LogP contribution in [0.3, 0.4) is 0 Å². The van der Waals surface area contributed by atoms with Crippen LogP contribution in [-0.2, 0) is 14.9 Å². The van der Waals surface area contributed by atoms with E-state index in [4.69, 9.17) is 9.47 Å². The molecule has 2 aromatic carbocycles. The number of carbonyl (C=O) groups excluding carboxylic acids is 1. The molecule has 3 aromatic rings. The molecule has 0 fully saturated rings. The molecule has 0 aliphatic heterocycles. The van der Waals surface area contributed by atoms with Gasteiger partial charge in [0.25, 0.3) is 0 Å². The molecule has 0 saturated carbocycles. The Kier molecular flexibility index (Phi) is 6.10. The van der Waals surface area contributed by atoms with Gasteiger partial charge in [0.05, 0.1) is 13.2 Å². The molecule has 0 spiro atoms. The normalized spacial score (nSPS) is 11.5. The zero-order valence-electron chi connectivity index (χ0n) is 17.8. The van der Waals surface area contributed by atoms with Gasteiger partial charge in [-0.25, -0.2) is 4.79 Å². The van der Waals surface area contributed by atoms with E-state index < -0.39 is 5.97 Å². The Morgan fingerprint density at radius 3 is 2.33 bits per heavy atom. The van der Waals surface area contributed by atoms with Crippen molar-refractivity contribution in [2.75, 3.05) is 13.2 Å². The second-order valence-corrected chi connectivity index (χ2v) is 8.18. The first-order chi connectivity index (χ1) is 14.2. The summed E-state index contributed by atoms with van der Waals surface area (Å²) in [7, 11) is 0. The van der Waals surface area contributed by atoms with Gasteiger partial charge in [-0.2, -0.15) is 0 Å². The Bertz CT molecular complexity index is 1050. The zero-order chi connectivity index (χ0) is 21.9. The molecule has 1 N–H and O–H groups in total. The first-order valence-electron chi connectivity index (χ1n) is 9.82. The second kappa shape index (κ2) is 8.57. The topological polar surface area (TPSA) is 86.5 Å². The molecule has 0 unspecified atom stereocenters.